The molecule has 0 spiro atoms. The predicted molar refractivity (Wildman–Crippen MR) is 59.7 cm³/mol. The average molecular weight is 258 g/mol. The summed E-state index contributed by atoms with van der Waals surface area (Å²) in [5, 5.41) is 7.75. The third-order valence-electron chi connectivity index (χ3n) is 1.82. The van der Waals surface area contributed by atoms with Crippen LogP contribution in [-0.2, 0) is 7.05 Å². The Hall–Kier alpha value is -1.34. The highest BCUT2D eigenvalue weighted by molar-refractivity contribution is 7.99. The van der Waals surface area contributed by atoms with Crippen LogP contribution in [0.5, 0.6) is 0 Å². The number of hydrogen-bond donors (Lipinski definition) is 1. The van der Waals surface area contributed by atoms with E-state index in [1.807, 2.05) is 0 Å². The maximum atomic E-state index is 11.1. The van der Waals surface area contributed by atoms with E-state index in [0.29, 0.717) is 21.2 Å². The summed E-state index contributed by atoms with van der Waals surface area (Å²) in [6.07, 6.45) is 0. The van der Waals surface area contributed by atoms with Gasteiger partial charge in [-0.3, -0.25) is 4.57 Å². The zero-order valence-electron chi connectivity index (χ0n) is 8.56. The van der Waals surface area contributed by atoms with Crippen LogP contribution >= 0.6 is 23.4 Å². The van der Waals surface area contributed by atoms with Gasteiger partial charge in [-0.1, -0.05) is 11.6 Å². The summed E-state index contributed by atoms with van der Waals surface area (Å²) in [5.74, 6) is 0.579. The van der Waals surface area contributed by atoms with Crippen LogP contribution in [0.25, 0.3) is 0 Å². The van der Waals surface area contributed by atoms with Crippen molar-refractivity contribution in [1.82, 2.24) is 24.7 Å². The molecule has 0 saturated heterocycles. The number of nitrogens with one attached hydrogen (secondary N) is 1. The Labute approximate surface area is 100 Å². The van der Waals surface area contributed by atoms with E-state index in [0.717, 1.165) is 0 Å². The van der Waals surface area contributed by atoms with E-state index < -0.39 is 0 Å². The van der Waals surface area contributed by atoms with Crippen molar-refractivity contribution in [2.24, 2.45) is 7.05 Å². The maximum absolute atomic E-state index is 11.1. The summed E-state index contributed by atoms with van der Waals surface area (Å²) in [5.41, 5.74) is -0.264. The van der Waals surface area contributed by atoms with Crippen LogP contribution in [0.4, 0.5) is 0 Å². The van der Waals surface area contributed by atoms with E-state index in [1.54, 1.807) is 20.0 Å². The second-order valence-electron chi connectivity index (χ2n) is 3.05. The molecular weight excluding hydrogens is 250 g/mol. The third kappa shape index (κ3) is 2.25. The van der Waals surface area contributed by atoms with Crippen molar-refractivity contribution < 1.29 is 0 Å². The summed E-state index contributed by atoms with van der Waals surface area (Å²) in [4.78, 5) is 19.3. The molecule has 0 aromatic carbocycles. The van der Waals surface area contributed by atoms with Gasteiger partial charge in [0.2, 0.25) is 0 Å². The molecule has 1 N–H and O–H groups in total. The minimum Gasteiger partial charge on any atom is -0.273 e. The van der Waals surface area contributed by atoms with E-state index >= 15 is 0 Å². The first-order chi connectivity index (χ1) is 7.56. The zero-order valence-corrected chi connectivity index (χ0v) is 10.1. The maximum Gasteiger partial charge on any atom is 0.343 e. The fourth-order valence-corrected chi connectivity index (χ4v) is 2.21. The van der Waals surface area contributed by atoms with Crippen LogP contribution in [0.3, 0.4) is 0 Å². The monoisotopic (exact) mass is 257 g/mol. The number of rotatable bonds is 2. The van der Waals surface area contributed by atoms with E-state index in [-0.39, 0.29) is 5.69 Å². The van der Waals surface area contributed by atoms with Gasteiger partial charge in [-0.15, -0.1) is 5.10 Å². The Balaban J connectivity index is 2.34. The standard InChI is InChI=1S/C8H8ClN5OS/c1-4-10-5(9)3-6(11-4)16-8-13-12-7(15)14(8)2/h3H,1-2H3,(H,12,15). The molecular formula is C8H8ClN5OS. The summed E-state index contributed by atoms with van der Waals surface area (Å²) < 4.78 is 1.40. The van der Waals surface area contributed by atoms with Crippen LogP contribution in [0, 0.1) is 6.92 Å². The molecule has 0 aliphatic rings. The second-order valence-corrected chi connectivity index (χ2v) is 4.42. The summed E-state index contributed by atoms with van der Waals surface area (Å²) in [7, 11) is 1.63. The Bertz CT molecular complexity index is 558. The van der Waals surface area contributed by atoms with Gasteiger partial charge in [-0.2, -0.15) is 0 Å². The molecule has 2 aromatic rings. The Morgan fingerprint density at radius 2 is 2.25 bits per heavy atom. The van der Waals surface area contributed by atoms with Gasteiger partial charge < -0.3 is 0 Å². The van der Waals surface area contributed by atoms with Gasteiger partial charge in [0.1, 0.15) is 16.0 Å². The van der Waals surface area contributed by atoms with E-state index in [2.05, 4.69) is 20.2 Å². The highest BCUT2D eigenvalue weighted by Crippen LogP contribution is 2.24. The van der Waals surface area contributed by atoms with Gasteiger partial charge in [0, 0.05) is 13.1 Å². The number of aromatic nitrogens is 5. The molecule has 0 atom stereocenters. The molecule has 16 heavy (non-hydrogen) atoms. The van der Waals surface area contributed by atoms with Crippen molar-refractivity contribution in [3.8, 4) is 0 Å². The molecule has 0 bridgehead atoms. The van der Waals surface area contributed by atoms with Crippen molar-refractivity contribution in [3.63, 3.8) is 0 Å². The fourth-order valence-electron chi connectivity index (χ4n) is 1.08. The van der Waals surface area contributed by atoms with Crippen molar-refractivity contribution in [1.29, 1.82) is 0 Å². The van der Waals surface area contributed by atoms with Crippen LogP contribution in [0.15, 0.2) is 21.0 Å². The largest absolute Gasteiger partial charge is 0.343 e. The van der Waals surface area contributed by atoms with Gasteiger partial charge in [0.15, 0.2) is 5.16 Å². The molecule has 0 amide bonds. The number of aromatic amines is 1. The van der Waals surface area contributed by atoms with E-state index in [1.165, 1.54) is 16.3 Å². The molecule has 0 saturated carbocycles. The number of H-pyrrole nitrogens is 1. The highest BCUT2D eigenvalue weighted by Gasteiger charge is 2.08. The molecule has 2 heterocycles. The highest BCUT2D eigenvalue weighted by atomic mass is 35.5. The molecule has 8 heteroatoms. The molecule has 2 aromatic heterocycles. The minimum atomic E-state index is -0.264. The molecule has 0 radical (unpaired) electrons. The number of hydrogen-bond acceptors (Lipinski definition) is 5. The topological polar surface area (TPSA) is 76.5 Å². The lowest BCUT2D eigenvalue weighted by atomic mass is 10.6. The molecule has 0 aliphatic heterocycles. The number of nitrogens with zero attached hydrogens (tertiary/aromatic N) is 4. The molecule has 84 valence electrons. The smallest absolute Gasteiger partial charge is 0.273 e. The predicted octanol–water partition coefficient (Wildman–Crippen LogP) is 1.01. The van der Waals surface area contributed by atoms with Gasteiger partial charge in [0.25, 0.3) is 0 Å². The van der Waals surface area contributed by atoms with Crippen molar-refractivity contribution in [3.05, 3.63) is 27.5 Å². The molecule has 0 fully saturated rings. The summed E-state index contributed by atoms with van der Waals surface area (Å²) in [6, 6.07) is 1.62. The first-order valence-corrected chi connectivity index (χ1v) is 5.56. The lowest BCUT2D eigenvalue weighted by Crippen LogP contribution is -2.12. The number of halogens is 1. The van der Waals surface area contributed by atoms with E-state index in [4.69, 9.17) is 11.6 Å². The van der Waals surface area contributed by atoms with Crippen LogP contribution < -0.4 is 5.69 Å². The Morgan fingerprint density at radius 1 is 1.50 bits per heavy atom. The molecule has 0 aliphatic carbocycles. The lowest BCUT2D eigenvalue weighted by Gasteiger charge is -2.00. The van der Waals surface area contributed by atoms with Crippen molar-refractivity contribution in [2.75, 3.05) is 0 Å². The van der Waals surface area contributed by atoms with Crippen molar-refractivity contribution in [2.45, 2.75) is 17.1 Å². The van der Waals surface area contributed by atoms with Gasteiger partial charge in [-0.25, -0.2) is 19.9 Å². The summed E-state index contributed by atoms with van der Waals surface area (Å²) in [6.45, 7) is 1.75. The van der Waals surface area contributed by atoms with Gasteiger partial charge in [-0.05, 0) is 18.7 Å². The molecule has 0 unspecified atom stereocenters. The van der Waals surface area contributed by atoms with E-state index in [9.17, 15) is 4.79 Å². The second kappa shape index (κ2) is 4.26. The van der Waals surface area contributed by atoms with Crippen molar-refractivity contribution >= 4 is 23.4 Å². The lowest BCUT2D eigenvalue weighted by molar-refractivity contribution is 0.764. The van der Waals surface area contributed by atoms with Gasteiger partial charge in [0.05, 0.1) is 0 Å². The Morgan fingerprint density at radius 3 is 2.81 bits per heavy atom. The quantitative estimate of drug-likeness (QED) is 0.813. The summed E-state index contributed by atoms with van der Waals surface area (Å²) >= 11 is 7.05. The SMILES string of the molecule is Cc1nc(Cl)cc(Sc2n[nH]c(=O)n2C)n1. The third-order valence-corrected chi connectivity index (χ3v) is 2.98. The van der Waals surface area contributed by atoms with Gasteiger partial charge >= 0.3 is 5.69 Å². The van der Waals surface area contributed by atoms with Crippen LogP contribution in [0.2, 0.25) is 5.15 Å². The van der Waals surface area contributed by atoms with Crippen LogP contribution in [0.1, 0.15) is 5.82 Å². The first kappa shape index (κ1) is 11.2. The Kier molecular flexibility index (Phi) is 2.97. The molecule has 6 nitrogen and oxygen atoms in total. The number of aryl methyl sites for hydroxylation is 1. The average Bonchev–Trinajstić information content (AvgIpc) is 2.48. The normalized spacial score (nSPS) is 10.7. The van der Waals surface area contributed by atoms with Crippen LogP contribution in [-0.4, -0.2) is 24.7 Å². The molecule has 2 rings (SSSR count). The first-order valence-electron chi connectivity index (χ1n) is 4.36. The fraction of sp³-hybridized carbons (Fsp3) is 0.250. The minimum absolute atomic E-state index is 0.264. The zero-order chi connectivity index (χ0) is 11.7.